The second-order valence-electron chi connectivity index (χ2n) is 7.51. The number of hydrogen-bond acceptors (Lipinski definition) is 2. The zero-order chi connectivity index (χ0) is 14.5. The highest BCUT2D eigenvalue weighted by Crippen LogP contribution is 2.62. The van der Waals surface area contributed by atoms with Gasteiger partial charge in [-0.2, -0.15) is 0 Å². The highest BCUT2D eigenvalue weighted by Gasteiger charge is 2.60. The summed E-state index contributed by atoms with van der Waals surface area (Å²) >= 11 is 5.73. The average molecular weight is 308 g/mol. The molecule has 2 fully saturated rings. The Morgan fingerprint density at radius 3 is 2.47 bits per heavy atom. The van der Waals surface area contributed by atoms with Crippen LogP contribution in [0.25, 0.3) is 0 Å². The van der Waals surface area contributed by atoms with Crippen LogP contribution in [0.2, 0.25) is 0 Å². The number of fused-ring (bicyclic) bond motifs is 2. The van der Waals surface area contributed by atoms with Crippen LogP contribution in [0.3, 0.4) is 0 Å². The van der Waals surface area contributed by atoms with Crippen molar-refractivity contribution >= 4 is 21.6 Å². The molecule has 2 bridgehead atoms. The van der Waals surface area contributed by atoms with Crippen molar-refractivity contribution in [2.75, 3.05) is 11.6 Å². The Hall–Kier alpha value is 0.200. The quantitative estimate of drug-likeness (QED) is 0.794. The third kappa shape index (κ3) is 2.81. The van der Waals surface area contributed by atoms with Crippen molar-refractivity contribution in [1.82, 2.24) is 4.72 Å². The lowest BCUT2D eigenvalue weighted by Gasteiger charge is -2.42. The van der Waals surface area contributed by atoms with Gasteiger partial charge in [0.1, 0.15) is 0 Å². The molecule has 19 heavy (non-hydrogen) atoms. The third-order valence-electron chi connectivity index (χ3n) is 5.33. The topological polar surface area (TPSA) is 46.2 Å². The molecule has 2 aliphatic rings. The third-order valence-corrected chi connectivity index (χ3v) is 7.46. The van der Waals surface area contributed by atoms with Gasteiger partial charge in [0, 0.05) is 11.9 Å². The fraction of sp³-hybridized carbons (Fsp3) is 1.00. The van der Waals surface area contributed by atoms with Crippen molar-refractivity contribution in [3.05, 3.63) is 0 Å². The summed E-state index contributed by atoms with van der Waals surface area (Å²) in [6.45, 7) is 8.53. The van der Waals surface area contributed by atoms with E-state index in [1.807, 2.05) is 6.92 Å². The van der Waals surface area contributed by atoms with Gasteiger partial charge in [-0.05, 0) is 41.9 Å². The monoisotopic (exact) mass is 307 g/mol. The lowest BCUT2D eigenvalue weighted by Crippen LogP contribution is -2.53. The Balaban J connectivity index is 2.14. The van der Waals surface area contributed by atoms with Gasteiger partial charge in [-0.1, -0.05) is 27.7 Å². The molecule has 0 radical (unpaired) electrons. The second kappa shape index (κ2) is 4.88. The van der Waals surface area contributed by atoms with E-state index in [4.69, 9.17) is 11.6 Å². The van der Waals surface area contributed by atoms with Crippen LogP contribution in [0.5, 0.6) is 0 Å². The second-order valence-corrected chi connectivity index (χ2v) is 9.61. The smallest absolute Gasteiger partial charge is 0.212 e. The number of nitrogens with one attached hydrogen (secondary N) is 1. The van der Waals surface area contributed by atoms with Crippen molar-refractivity contribution in [1.29, 1.82) is 0 Å². The standard InChI is InChI=1S/C14H26ClNO2S/c1-10(8-15)9-19(17,18)16-12-13(2,3)11-5-6-14(12,4)7-11/h10-12,16H,5-9H2,1-4H3. The van der Waals surface area contributed by atoms with E-state index in [-0.39, 0.29) is 28.5 Å². The fourth-order valence-electron chi connectivity index (χ4n) is 4.24. The van der Waals surface area contributed by atoms with Crippen LogP contribution in [-0.4, -0.2) is 26.1 Å². The van der Waals surface area contributed by atoms with Crippen LogP contribution in [0, 0.1) is 22.7 Å². The van der Waals surface area contributed by atoms with Crippen LogP contribution >= 0.6 is 11.6 Å². The predicted molar refractivity (Wildman–Crippen MR) is 79.8 cm³/mol. The molecule has 0 heterocycles. The minimum Gasteiger partial charge on any atom is -0.212 e. The first-order valence-corrected chi connectivity index (χ1v) is 9.35. The largest absolute Gasteiger partial charge is 0.212 e. The van der Waals surface area contributed by atoms with Crippen molar-refractivity contribution in [3.8, 4) is 0 Å². The van der Waals surface area contributed by atoms with E-state index >= 15 is 0 Å². The minimum absolute atomic E-state index is 0.00586. The van der Waals surface area contributed by atoms with Gasteiger partial charge in [0.05, 0.1) is 5.75 Å². The first kappa shape index (κ1) is 15.6. The number of halogens is 1. The van der Waals surface area contributed by atoms with Gasteiger partial charge in [-0.15, -0.1) is 11.6 Å². The molecule has 0 aromatic rings. The molecule has 2 aliphatic carbocycles. The van der Waals surface area contributed by atoms with E-state index in [0.29, 0.717) is 11.8 Å². The van der Waals surface area contributed by atoms with Gasteiger partial charge in [-0.25, -0.2) is 13.1 Å². The Morgan fingerprint density at radius 1 is 1.37 bits per heavy atom. The summed E-state index contributed by atoms with van der Waals surface area (Å²) in [6, 6.07) is 0.0614. The molecule has 0 aromatic heterocycles. The summed E-state index contributed by atoms with van der Waals surface area (Å²) < 4.78 is 27.6. The zero-order valence-electron chi connectivity index (χ0n) is 12.4. The van der Waals surface area contributed by atoms with E-state index < -0.39 is 10.0 Å². The van der Waals surface area contributed by atoms with Crippen molar-refractivity contribution in [3.63, 3.8) is 0 Å². The molecule has 5 heteroatoms. The average Bonchev–Trinajstić information content (AvgIpc) is 2.75. The molecule has 4 unspecified atom stereocenters. The van der Waals surface area contributed by atoms with Gasteiger partial charge < -0.3 is 0 Å². The summed E-state index contributed by atoms with van der Waals surface area (Å²) in [7, 11) is -3.24. The minimum atomic E-state index is -3.24. The van der Waals surface area contributed by atoms with Crippen LogP contribution in [0.4, 0.5) is 0 Å². The highest BCUT2D eigenvalue weighted by atomic mass is 35.5. The molecule has 2 saturated carbocycles. The van der Waals surface area contributed by atoms with E-state index in [2.05, 4.69) is 25.5 Å². The van der Waals surface area contributed by atoms with Gasteiger partial charge in [-0.3, -0.25) is 0 Å². The SMILES string of the molecule is CC(CCl)CS(=O)(=O)NC1C2(C)CCC(C2)C1(C)C. The molecule has 0 aromatic carbocycles. The molecule has 0 aliphatic heterocycles. The van der Waals surface area contributed by atoms with E-state index in [0.717, 1.165) is 12.8 Å². The molecule has 1 N–H and O–H groups in total. The van der Waals surface area contributed by atoms with Crippen LogP contribution in [0.15, 0.2) is 0 Å². The van der Waals surface area contributed by atoms with Gasteiger partial charge in [0.25, 0.3) is 0 Å². The number of hydrogen-bond donors (Lipinski definition) is 1. The maximum Gasteiger partial charge on any atom is 0.212 e. The molecular formula is C14H26ClNO2S. The molecule has 112 valence electrons. The Kier molecular flexibility index (Phi) is 4.01. The van der Waals surface area contributed by atoms with Gasteiger partial charge in [0.2, 0.25) is 10.0 Å². The molecule has 3 nitrogen and oxygen atoms in total. The highest BCUT2D eigenvalue weighted by molar-refractivity contribution is 7.89. The fourth-order valence-corrected chi connectivity index (χ4v) is 6.39. The summed E-state index contributed by atoms with van der Waals surface area (Å²) in [5, 5.41) is 0. The molecule has 2 rings (SSSR count). The Bertz CT molecular complexity index is 444. The number of alkyl halides is 1. The molecule has 0 saturated heterocycles. The van der Waals surface area contributed by atoms with Crippen LogP contribution < -0.4 is 4.72 Å². The lowest BCUT2D eigenvalue weighted by molar-refractivity contribution is 0.127. The first-order valence-electron chi connectivity index (χ1n) is 7.17. The van der Waals surface area contributed by atoms with Gasteiger partial charge in [0.15, 0.2) is 0 Å². The Labute approximate surface area is 122 Å². The maximum absolute atomic E-state index is 12.3. The molecular weight excluding hydrogens is 282 g/mol. The van der Waals surface area contributed by atoms with Gasteiger partial charge >= 0.3 is 0 Å². The van der Waals surface area contributed by atoms with Crippen LogP contribution in [0.1, 0.15) is 47.0 Å². The maximum atomic E-state index is 12.3. The summed E-state index contributed by atoms with van der Waals surface area (Å²) in [6.07, 6.45) is 3.53. The predicted octanol–water partition coefficient (Wildman–Crippen LogP) is 3.00. The number of rotatable bonds is 5. The summed E-state index contributed by atoms with van der Waals surface area (Å²) in [5.41, 5.74) is 0.190. The van der Waals surface area contributed by atoms with Crippen LogP contribution in [-0.2, 0) is 10.0 Å². The Morgan fingerprint density at radius 2 is 2.00 bits per heavy atom. The molecule has 0 spiro atoms. The number of sulfonamides is 1. The van der Waals surface area contributed by atoms with E-state index in [9.17, 15) is 8.42 Å². The molecule has 4 atom stereocenters. The lowest BCUT2D eigenvalue weighted by atomic mass is 9.69. The zero-order valence-corrected chi connectivity index (χ0v) is 13.9. The van der Waals surface area contributed by atoms with E-state index in [1.165, 1.54) is 6.42 Å². The van der Waals surface area contributed by atoms with Crippen molar-refractivity contribution in [2.45, 2.75) is 53.0 Å². The normalized spacial score (nSPS) is 38.6. The molecule has 0 amide bonds. The summed E-state index contributed by atoms with van der Waals surface area (Å²) in [5.74, 6) is 1.16. The summed E-state index contributed by atoms with van der Waals surface area (Å²) in [4.78, 5) is 0. The first-order chi connectivity index (χ1) is 8.61. The van der Waals surface area contributed by atoms with Crippen molar-refractivity contribution in [2.24, 2.45) is 22.7 Å². The van der Waals surface area contributed by atoms with Crippen molar-refractivity contribution < 1.29 is 8.42 Å². The van der Waals surface area contributed by atoms with E-state index in [1.54, 1.807) is 0 Å².